The molecular weight excluding hydrogens is 665 g/mol. The topological polar surface area (TPSA) is 131 Å². The summed E-state index contributed by atoms with van der Waals surface area (Å²) in [6.07, 6.45) is 41.8. The second-order valence-electron chi connectivity index (χ2n) is 13.2. The molecule has 0 saturated heterocycles. The standard InChI is InChI=1S/C41H74NO8P/c1-3-5-7-9-11-13-15-17-19-21-23-25-27-29-31-33-40(44)42-35-36-49-51(46,47)50-38-39(43)37-48-41(45)34-32-30-28-26-24-22-20-18-16-14-12-10-8-6-4-2/h5,7,11,13,17-20,39,43H,3-4,6,8-10,12,14-16,21-38H2,1-2H3,(H,42,44)(H,46,47)/b7-5-,13-11-,19-17-,20-18-. The number of carbonyl (C=O) groups is 2. The van der Waals surface area contributed by atoms with E-state index in [1.165, 1.54) is 44.9 Å². The van der Waals surface area contributed by atoms with Crippen LogP contribution in [0.4, 0.5) is 0 Å². The summed E-state index contributed by atoms with van der Waals surface area (Å²) in [5.74, 6) is -0.545. The van der Waals surface area contributed by atoms with Crippen molar-refractivity contribution in [3.8, 4) is 0 Å². The summed E-state index contributed by atoms with van der Waals surface area (Å²) < 4.78 is 26.8. The first-order chi connectivity index (χ1) is 24.8. The van der Waals surface area contributed by atoms with Gasteiger partial charge in [0.15, 0.2) is 0 Å². The summed E-state index contributed by atoms with van der Waals surface area (Å²) >= 11 is 0. The van der Waals surface area contributed by atoms with Crippen LogP contribution < -0.4 is 5.32 Å². The van der Waals surface area contributed by atoms with Crippen LogP contribution in [0.3, 0.4) is 0 Å². The van der Waals surface area contributed by atoms with Crippen LogP contribution in [0.1, 0.15) is 168 Å². The first kappa shape index (κ1) is 49.0. The van der Waals surface area contributed by atoms with Crippen molar-refractivity contribution in [3.63, 3.8) is 0 Å². The Kier molecular flexibility index (Phi) is 36.2. The van der Waals surface area contributed by atoms with Crippen molar-refractivity contribution in [1.29, 1.82) is 0 Å². The third-order valence-electron chi connectivity index (χ3n) is 8.24. The van der Waals surface area contributed by atoms with E-state index >= 15 is 0 Å². The highest BCUT2D eigenvalue weighted by molar-refractivity contribution is 7.47. The average molecular weight is 740 g/mol. The van der Waals surface area contributed by atoms with Crippen molar-refractivity contribution in [3.05, 3.63) is 48.6 Å². The second-order valence-corrected chi connectivity index (χ2v) is 14.7. The van der Waals surface area contributed by atoms with Crippen LogP contribution >= 0.6 is 7.82 Å². The zero-order chi connectivity index (χ0) is 37.5. The van der Waals surface area contributed by atoms with Crippen LogP contribution in [-0.4, -0.2) is 54.3 Å². The van der Waals surface area contributed by atoms with Gasteiger partial charge in [0.2, 0.25) is 5.91 Å². The van der Waals surface area contributed by atoms with E-state index in [-0.39, 0.29) is 32.1 Å². The zero-order valence-electron chi connectivity index (χ0n) is 32.3. The van der Waals surface area contributed by atoms with Gasteiger partial charge in [0.25, 0.3) is 0 Å². The predicted molar refractivity (Wildman–Crippen MR) is 210 cm³/mol. The normalized spacial score (nSPS) is 13.9. The Morgan fingerprint density at radius 3 is 1.71 bits per heavy atom. The number of unbranched alkanes of at least 4 members (excludes halogenated alkanes) is 16. The molecule has 0 rings (SSSR count). The molecule has 0 spiro atoms. The lowest BCUT2D eigenvalue weighted by molar-refractivity contribution is -0.147. The Hall–Kier alpha value is -2.03. The molecule has 9 nitrogen and oxygen atoms in total. The number of nitrogens with one attached hydrogen (secondary N) is 1. The first-order valence-electron chi connectivity index (χ1n) is 20.1. The zero-order valence-corrected chi connectivity index (χ0v) is 33.2. The molecule has 0 heterocycles. The van der Waals surface area contributed by atoms with Crippen LogP contribution in [0.2, 0.25) is 0 Å². The molecule has 0 radical (unpaired) electrons. The van der Waals surface area contributed by atoms with Gasteiger partial charge >= 0.3 is 13.8 Å². The molecule has 3 N–H and O–H groups in total. The molecule has 10 heteroatoms. The van der Waals surface area contributed by atoms with Gasteiger partial charge in [-0.25, -0.2) is 4.57 Å². The molecule has 0 saturated carbocycles. The molecular formula is C41H74NO8P. The number of esters is 1. The number of hydrogen-bond acceptors (Lipinski definition) is 7. The highest BCUT2D eigenvalue weighted by Gasteiger charge is 2.23. The summed E-state index contributed by atoms with van der Waals surface area (Å²) in [4.78, 5) is 33.8. The Balaban J connectivity index is 3.65. The van der Waals surface area contributed by atoms with E-state index in [4.69, 9.17) is 13.8 Å². The third kappa shape index (κ3) is 39.0. The number of aliphatic hydroxyl groups excluding tert-OH is 1. The maximum atomic E-state index is 12.1. The maximum Gasteiger partial charge on any atom is 0.472 e. The van der Waals surface area contributed by atoms with Crippen LogP contribution in [0.5, 0.6) is 0 Å². The SMILES string of the molecule is CC/C=C\C/C=C\C/C=C\CCCCCCCC(=O)NCCOP(=O)(O)OCC(O)COC(=O)CCCCCCC/C=C\CCCCCCCC. The van der Waals surface area contributed by atoms with Crippen LogP contribution in [-0.2, 0) is 27.9 Å². The summed E-state index contributed by atoms with van der Waals surface area (Å²) in [6.45, 7) is 3.39. The number of phosphoric ester groups is 1. The smallest absolute Gasteiger partial charge is 0.463 e. The average Bonchev–Trinajstić information content (AvgIpc) is 3.11. The second kappa shape index (κ2) is 37.7. The van der Waals surface area contributed by atoms with Gasteiger partial charge in [-0.2, -0.15) is 0 Å². The Morgan fingerprint density at radius 1 is 0.627 bits per heavy atom. The molecule has 0 aliphatic heterocycles. The molecule has 0 aliphatic carbocycles. The minimum atomic E-state index is -4.42. The highest BCUT2D eigenvalue weighted by atomic mass is 31.2. The lowest BCUT2D eigenvalue weighted by Gasteiger charge is -2.15. The summed E-state index contributed by atoms with van der Waals surface area (Å²) in [7, 11) is -4.42. The molecule has 0 aromatic rings. The number of phosphoric acid groups is 1. The highest BCUT2D eigenvalue weighted by Crippen LogP contribution is 2.42. The van der Waals surface area contributed by atoms with Crippen LogP contribution in [0, 0.1) is 0 Å². The van der Waals surface area contributed by atoms with E-state index < -0.39 is 26.5 Å². The molecule has 2 atom stereocenters. The van der Waals surface area contributed by atoms with E-state index in [1.54, 1.807) is 0 Å². The fraction of sp³-hybridized carbons (Fsp3) is 0.756. The number of rotatable bonds is 37. The van der Waals surface area contributed by atoms with Gasteiger partial charge in [0.1, 0.15) is 12.7 Å². The molecule has 296 valence electrons. The Morgan fingerprint density at radius 2 is 1.12 bits per heavy atom. The van der Waals surface area contributed by atoms with Gasteiger partial charge in [0, 0.05) is 19.4 Å². The van der Waals surface area contributed by atoms with Gasteiger partial charge in [-0.3, -0.25) is 18.6 Å². The fourth-order valence-electron chi connectivity index (χ4n) is 5.21. The first-order valence-corrected chi connectivity index (χ1v) is 21.6. The minimum Gasteiger partial charge on any atom is -0.463 e. The molecule has 0 aromatic carbocycles. The van der Waals surface area contributed by atoms with E-state index in [1.807, 2.05) is 0 Å². The van der Waals surface area contributed by atoms with Crippen molar-refractivity contribution in [2.45, 2.75) is 174 Å². The Labute approximate surface area is 311 Å². The molecule has 0 aliphatic rings. The van der Waals surface area contributed by atoms with Crippen molar-refractivity contribution >= 4 is 19.7 Å². The third-order valence-corrected chi connectivity index (χ3v) is 9.23. The van der Waals surface area contributed by atoms with Crippen molar-refractivity contribution in [2.75, 3.05) is 26.4 Å². The molecule has 1 amide bonds. The molecule has 2 unspecified atom stereocenters. The van der Waals surface area contributed by atoms with E-state index in [2.05, 4.69) is 67.8 Å². The van der Waals surface area contributed by atoms with Gasteiger partial charge in [-0.05, 0) is 70.6 Å². The van der Waals surface area contributed by atoms with Gasteiger partial charge in [-0.1, -0.05) is 133 Å². The molecule has 0 aromatic heterocycles. The fourth-order valence-corrected chi connectivity index (χ4v) is 5.97. The monoisotopic (exact) mass is 740 g/mol. The lowest BCUT2D eigenvalue weighted by atomic mass is 10.1. The van der Waals surface area contributed by atoms with Crippen molar-refractivity contribution in [2.24, 2.45) is 0 Å². The van der Waals surface area contributed by atoms with E-state index in [0.29, 0.717) is 6.42 Å². The number of aliphatic hydroxyl groups is 1. The number of ether oxygens (including phenoxy) is 1. The number of allylic oxidation sites excluding steroid dienone is 8. The number of hydrogen-bond donors (Lipinski definition) is 3. The van der Waals surface area contributed by atoms with E-state index in [9.17, 15) is 24.2 Å². The summed E-state index contributed by atoms with van der Waals surface area (Å²) in [5.41, 5.74) is 0. The Bertz CT molecular complexity index is 981. The molecule has 51 heavy (non-hydrogen) atoms. The lowest BCUT2D eigenvalue weighted by Crippen LogP contribution is -2.27. The van der Waals surface area contributed by atoms with Gasteiger partial charge in [0.05, 0.1) is 13.2 Å². The van der Waals surface area contributed by atoms with Gasteiger partial charge < -0.3 is 20.1 Å². The van der Waals surface area contributed by atoms with Crippen LogP contribution in [0.15, 0.2) is 48.6 Å². The molecule has 0 fully saturated rings. The van der Waals surface area contributed by atoms with E-state index in [0.717, 1.165) is 96.3 Å². The quantitative estimate of drug-likeness (QED) is 0.0248. The number of carbonyl (C=O) groups excluding carboxylic acids is 2. The van der Waals surface area contributed by atoms with Crippen molar-refractivity contribution in [1.82, 2.24) is 5.32 Å². The number of amides is 1. The minimum absolute atomic E-state index is 0.0697. The predicted octanol–water partition coefficient (Wildman–Crippen LogP) is 10.8. The summed E-state index contributed by atoms with van der Waals surface area (Å²) in [6, 6.07) is 0. The van der Waals surface area contributed by atoms with Gasteiger partial charge in [-0.15, -0.1) is 0 Å². The largest absolute Gasteiger partial charge is 0.472 e. The van der Waals surface area contributed by atoms with Crippen LogP contribution in [0.25, 0.3) is 0 Å². The molecule has 0 bridgehead atoms. The summed E-state index contributed by atoms with van der Waals surface area (Å²) in [5, 5.41) is 12.7. The maximum absolute atomic E-state index is 12.1. The van der Waals surface area contributed by atoms with Crippen molar-refractivity contribution < 1.29 is 37.9 Å².